The molecule has 7 heteroatoms. The summed E-state index contributed by atoms with van der Waals surface area (Å²) in [5.74, 6) is 0.829. The van der Waals surface area contributed by atoms with Crippen LogP contribution in [0.5, 0.6) is 0 Å². The predicted molar refractivity (Wildman–Crippen MR) is 125 cm³/mol. The summed E-state index contributed by atoms with van der Waals surface area (Å²) in [7, 11) is 0. The van der Waals surface area contributed by atoms with Crippen LogP contribution in [0, 0.1) is 0 Å². The van der Waals surface area contributed by atoms with E-state index in [1.165, 1.54) is 6.08 Å². The Kier molecular flexibility index (Phi) is 6.17. The molecule has 0 aliphatic rings. The highest BCUT2D eigenvalue weighted by Crippen LogP contribution is 2.21. The number of carbonyl (C=O) groups excluding carboxylic acids is 2. The molecule has 3 aromatic carbocycles. The molecule has 4 aromatic rings. The second kappa shape index (κ2) is 9.53. The number of nitrogens with one attached hydrogen (secondary N) is 3. The molecule has 1 aromatic heterocycles. The van der Waals surface area contributed by atoms with Gasteiger partial charge in [-0.15, -0.1) is 0 Å². The molecule has 1 heterocycles. The Hall–Kier alpha value is -4.52. The molecule has 0 radical (unpaired) electrons. The van der Waals surface area contributed by atoms with Gasteiger partial charge in [-0.25, -0.2) is 4.98 Å². The number of hydrogen-bond acceptors (Lipinski definition) is 4. The lowest BCUT2D eigenvalue weighted by Gasteiger charge is -2.08. The second-order valence-corrected chi connectivity index (χ2v) is 7.07. The Morgan fingerprint density at radius 3 is 2.41 bits per heavy atom. The maximum atomic E-state index is 12.4. The molecule has 0 saturated heterocycles. The zero-order chi connectivity index (χ0) is 22.3. The second-order valence-electron chi connectivity index (χ2n) is 7.07. The molecule has 0 aliphatic heterocycles. The van der Waals surface area contributed by atoms with E-state index in [4.69, 9.17) is 0 Å². The van der Waals surface area contributed by atoms with Gasteiger partial charge in [-0.1, -0.05) is 49.0 Å². The minimum Gasteiger partial charge on any atom is -0.326 e. The van der Waals surface area contributed by atoms with Gasteiger partial charge < -0.3 is 10.6 Å². The normalized spacial score (nSPS) is 10.4. The molecule has 0 atom stereocenters. The lowest BCUT2D eigenvalue weighted by Crippen LogP contribution is -2.14. The van der Waals surface area contributed by atoms with E-state index in [2.05, 4.69) is 32.4 Å². The molecule has 0 aliphatic carbocycles. The van der Waals surface area contributed by atoms with Gasteiger partial charge in [0.05, 0.1) is 6.42 Å². The van der Waals surface area contributed by atoms with E-state index >= 15 is 0 Å². The number of hydrogen-bond donors (Lipinski definition) is 3. The topological polar surface area (TPSA) is 99.8 Å². The molecule has 0 spiro atoms. The Morgan fingerprint density at radius 1 is 0.875 bits per heavy atom. The Balaban J connectivity index is 1.38. The van der Waals surface area contributed by atoms with E-state index in [1.807, 2.05) is 60.7 Å². The number of rotatable bonds is 7. The molecule has 158 valence electrons. The van der Waals surface area contributed by atoms with Gasteiger partial charge >= 0.3 is 0 Å². The van der Waals surface area contributed by atoms with Gasteiger partial charge in [-0.05, 0) is 48.0 Å². The van der Waals surface area contributed by atoms with Crippen LogP contribution in [0.2, 0.25) is 0 Å². The van der Waals surface area contributed by atoms with Gasteiger partial charge in [0.15, 0.2) is 11.6 Å². The monoisotopic (exact) mass is 423 g/mol. The Morgan fingerprint density at radius 2 is 1.66 bits per heavy atom. The van der Waals surface area contributed by atoms with Crippen molar-refractivity contribution in [3.05, 3.63) is 97.1 Å². The first-order chi connectivity index (χ1) is 15.6. The van der Waals surface area contributed by atoms with E-state index in [0.717, 1.165) is 16.7 Å². The highest BCUT2D eigenvalue weighted by molar-refractivity contribution is 5.99. The molecular weight excluding hydrogens is 402 g/mol. The average molecular weight is 423 g/mol. The van der Waals surface area contributed by atoms with Crippen LogP contribution >= 0.6 is 0 Å². The number of benzene rings is 3. The van der Waals surface area contributed by atoms with E-state index in [-0.39, 0.29) is 18.2 Å². The van der Waals surface area contributed by atoms with Crippen molar-refractivity contribution in [2.45, 2.75) is 6.42 Å². The number of amides is 2. The van der Waals surface area contributed by atoms with Gasteiger partial charge in [-0.3, -0.25) is 14.7 Å². The van der Waals surface area contributed by atoms with Crippen LogP contribution in [0.4, 0.5) is 11.4 Å². The number of nitrogens with zero attached hydrogens (tertiary/aromatic N) is 2. The van der Waals surface area contributed by atoms with E-state index in [1.54, 1.807) is 18.2 Å². The highest BCUT2D eigenvalue weighted by Gasteiger charge is 2.09. The van der Waals surface area contributed by atoms with Crippen LogP contribution < -0.4 is 10.6 Å². The van der Waals surface area contributed by atoms with Crippen molar-refractivity contribution >= 4 is 23.2 Å². The summed E-state index contributed by atoms with van der Waals surface area (Å²) in [6, 6.07) is 24.3. The van der Waals surface area contributed by atoms with Crippen molar-refractivity contribution in [3.8, 4) is 22.8 Å². The molecule has 0 bridgehead atoms. The quantitative estimate of drug-likeness (QED) is 0.383. The predicted octanol–water partition coefficient (Wildman–Crippen LogP) is 4.44. The van der Waals surface area contributed by atoms with Crippen molar-refractivity contribution in [1.82, 2.24) is 15.2 Å². The van der Waals surface area contributed by atoms with Crippen molar-refractivity contribution in [2.75, 3.05) is 10.6 Å². The lowest BCUT2D eigenvalue weighted by molar-refractivity contribution is -0.115. The Labute approximate surface area is 185 Å². The first-order valence-electron chi connectivity index (χ1n) is 10.0. The van der Waals surface area contributed by atoms with E-state index in [9.17, 15) is 9.59 Å². The molecule has 0 unspecified atom stereocenters. The summed E-state index contributed by atoms with van der Waals surface area (Å²) in [5, 5.41) is 12.8. The fourth-order valence-corrected chi connectivity index (χ4v) is 3.16. The van der Waals surface area contributed by atoms with Gasteiger partial charge in [0.1, 0.15) is 0 Å². The molecule has 7 nitrogen and oxygen atoms in total. The fourth-order valence-electron chi connectivity index (χ4n) is 3.16. The maximum Gasteiger partial charge on any atom is 0.247 e. The lowest BCUT2D eigenvalue weighted by atomic mass is 10.1. The molecule has 0 saturated carbocycles. The summed E-state index contributed by atoms with van der Waals surface area (Å²) in [6.07, 6.45) is 1.38. The third kappa shape index (κ3) is 5.14. The van der Waals surface area contributed by atoms with E-state index in [0.29, 0.717) is 23.0 Å². The summed E-state index contributed by atoms with van der Waals surface area (Å²) >= 11 is 0. The van der Waals surface area contributed by atoms with Crippen LogP contribution in [0.3, 0.4) is 0 Å². The third-order valence-electron chi connectivity index (χ3n) is 4.70. The number of aromatic nitrogens is 3. The van der Waals surface area contributed by atoms with Crippen LogP contribution in [0.25, 0.3) is 22.8 Å². The van der Waals surface area contributed by atoms with Crippen molar-refractivity contribution < 1.29 is 9.59 Å². The van der Waals surface area contributed by atoms with E-state index < -0.39 is 0 Å². The third-order valence-corrected chi connectivity index (χ3v) is 4.70. The summed E-state index contributed by atoms with van der Waals surface area (Å²) < 4.78 is 0. The SMILES string of the molecule is C=CC(=O)Nc1cccc(CC(=O)Nc2ccc(-c3nc(-c4ccccc4)n[nH]3)cc2)c1. The summed E-state index contributed by atoms with van der Waals surface area (Å²) in [6.45, 7) is 3.43. The van der Waals surface area contributed by atoms with Gasteiger partial charge in [0.25, 0.3) is 0 Å². The van der Waals surface area contributed by atoms with Crippen molar-refractivity contribution in [1.29, 1.82) is 0 Å². The largest absolute Gasteiger partial charge is 0.326 e. The molecule has 0 fully saturated rings. The van der Waals surface area contributed by atoms with Crippen molar-refractivity contribution in [2.24, 2.45) is 0 Å². The highest BCUT2D eigenvalue weighted by atomic mass is 16.2. The number of anilines is 2. The summed E-state index contributed by atoms with van der Waals surface area (Å²) in [5.41, 5.74) is 3.88. The summed E-state index contributed by atoms with van der Waals surface area (Å²) in [4.78, 5) is 28.4. The smallest absolute Gasteiger partial charge is 0.247 e. The van der Waals surface area contributed by atoms with Crippen LogP contribution in [0.1, 0.15) is 5.56 Å². The first kappa shape index (κ1) is 20.7. The number of H-pyrrole nitrogens is 1. The molecule has 32 heavy (non-hydrogen) atoms. The maximum absolute atomic E-state index is 12.4. The van der Waals surface area contributed by atoms with Crippen LogP contribution in [-0.2, 0) is 16.0 Å². The minimum absolute atomic E-state index is 0.157. The Bertz CT molecular complexity index is 1250. The molecule has 3 N–H and O–H groups in total. The molecular formula is C25H21N5O2. The van der Waals surface area contributed by atoms with Crippen molar-refractivity contribution in [3.63, 3.8) is 0 Å². The first-order valence-corrected chi connectivity index (χ1v) is 10.0. The number of carbonyl (C=O) groups is 2. The minimum atomic E-state index is -0.297. The van der Waals surface area contributed by atoms with Crippen LogP contribution in [0.15, 0.2) is 91.5 Å². The zero-order valence-corrected chi connectivity index (χ0v) is 17.2. The average Bonchev–Trinajstić information content (AvgIpc) is 3.30. The molecule has 2 amide bonds. The standard InChI is InChI=1S/C25H21N5O2/c1-2-22(31)27-21-10-6-7-17(15-21)16-23(32)26-20-13-11-19(12-14-20)25-28-24(29-30-25)18-8-4-3-5-9-18/h2-15H,1,16H2,(H,26,32)(H,27,31)(H,28,29,30). The van der Waals surface area contributed by atoms with Gasteiger partial charge in [-0.2, -0.15) is 5.10 Å². The van der Waals surface area contributed by atoms with Gasteiger partial charge in [0.2, 0.25) is 11.8 Å². The van der Waals surface area contributed by atoms with Gasteiger partial charge in [0, 0.05) is 22.5 Å². The van der Waals surface area contributed by atoms with Crippen LogP contribution in [-0.4, -0.2) is 27.0 Å². The molecule has 4 rings (SSSR count). The zero-order valence-electron chi connectivity index (χ0n) is 17.2. The number of aromatic amines is 1. The fraction of sp³-hybridized carbons (Fsp3) is 0.0400.